The molecule has 0 atom stereocenters. The van der Waals surface area contributed by atoms with Crippen LogP contribution in [0.15, 0.2) is 21.7 Å². The zero-order valence-electron chi connectivity index (χ0n) is 15.2. The van der Waals surface area contributed by atoms with Crippen LogP contribution in [0.5, 0.6) is 0 Å². The first kappa shape index (κ1) is 24.1. The van der Waals surface area contributed by atoms with E-state index in [-0.39, 0.29) is 47.4 Å². The highest BCUT2D eigenvalue weighted by Gasteiger charge is 2.22. The first-order valence-corrected chi connectivity index (χ1v) is 7.88. The monoisotopic (exact) mass is 405 g/mol. The number of nitrogens with two attached hydrogens (primary N) is 1. The van der Waals surface area contributed by atoms with Crippen molar-refractivity contribution in [3.63, 3.8) is 0 Å². The Bertz CT molecular complexity index is 903. The molecule has 2 heterocycles. The lowest BCUT2D eigenvalue weighted by molar-refractivity contribution is 0.0937. The molecule has 0 saturated carbocycles. The van der Waals surface area contributed by atoms with Gasteiger partial charge in [-0.2, -0.15) is 0 Å². The molecule has 8 nitrogen and oxygen atoms in total. The van der Waals surface area contributed by atoms with Gasteiger partial charge in [0.2, 0.25) is 0 Å². The summed E-state index contributed by atoms with van der Waals surface area (Å²) in [4.78, 5) is 40.6. The number of rotatable bonds is 5. The van der Waals surface area contributed by atoms with E-state index in [1.807, 2.05) is 13.8 Å². The summed E-state index contributed by atoms with van der Waals surface area (Å²) in [6.07, 6.45) is 1.47. The highest BCUT2D eigenvalue weighted by atomic mass is 35.5. The topological polar surface area (TPSA) is 112 Å². The minimum absolute atomic E-state index is 0. The van der Waals surface area contributed by atoms with E-state index in [1.54, 1.807) is 0 Å². The van der Waals surface area contributed by atoms with Gasteiger partial charge in [0.15, 0.2) is 0 Å². The quantitative estimate of drug-likeness (QED) is 0.760. The number of hydrogen-bond acceptors (Lipinski definition) is 5. The number of carbonyl (C=O) groups excluding carboxylic acids is 1. The zero-order chi connectivity index (χ0) is 18.1. The first-order valence-electron chi connectivity index (χ1n) is 7.88. The average Bonchev–Trinajstić information content (AvgIpc) is 2.61. The molecular formula is C16H25Cl2N5O3. The fourth-order valence-electron chi connectivity index (χ4n) is 2.43. The van der Waals surface area contributed by atoms with Crippen LogP contribution < -0.4 is 22.3 Å². The van der Waals surface area contributed by atoms with Gasteiger partial charge in [-0.15, -0.1) is 24.8 Å². The lowest BCUT2D eigenvalue weighted by atomic mass is 9.94. The number of halogens is 2. The second-order valence-electron chi connectivity index (χ2n) is 6.03. The molecule has 0 unspecified atom stereocenters. The fraction of sp³-hybridized carbons (Fsp3) is 0.500. The molecule has 0 aliphatic heterocycles. The summed E-state index contributed by atoms with van der Waals surface area (Å²) in [7, 11) is 2.92. The highest BCUT2D eigenvalue weighted by Crippen LogP contribution is 2.10. The molecule has 2 aromatic heterocycles. The van der Waals surface area contributed by atoms with E-state index in [1.165, 1.54) is 30.8 Å². The lowest BCUT2D eigenvalue weighted by Gasteiger charge is -2.26. The molecule has 0 spiro atoms. The number of fused-ring (bicyclic) bond motifs is 1. The van der Waals surface area contributed by atoms with Gasteiger partial charge in [-0.25, -0.2) is 9.78 Å². The first-order chi connectivity index (χ1) is 11.2. The van der Waals surface area contributed by atoms with Crippen LogP contribution in [0.1, 0.15) is 37.2 Å². The Kier molecular flexibility index (Phi) is 8.49. The molecule has 0 fully saturated rings. The van der Waals surface area contributed by atoms with Gasteiger partial charge in [0.25, 0.3) is 11.5 Å². The van der Waals surface area contributed by atoms with E-state index in [0.717, 1.165) is 17.4 Å². The van der Waals surface area contributed by atoms with Gasteiger partial charge in [0.1, 0.15) is 11.3 Å². The lowest BCUT2D eigenvalue weighted by Crippen LogP contribution is -2.49. The molecule has 0 radical (unpaired) electrons. The third-order valence-corrected chi connectivity index (χ3v) is 4.54. The normalized spacial score (nSPS) is 10.8. The second kappa shape index (κ2) is 9.16. The molecule has 2 aromatic rings. The van der Waals surface area contributed by atoms with E-state index in [4.69, 9.17) is 5.73 Å². The molecule has 0 aliphatic carbocycles. The van der Waals surface area contributed by atoms with Crippen LogP contribution in [-0.4, -0.2) is 32.1 Å². The Morgan fingerprint density at radius 1 is 1.15 bits per heavy atom. The molecule has 1 amide bonds. The molecule has 2 rings (SSSR count). The van der Waals surface area contributed by atoms with Crippen LogP contribution >= 0.6 is 24.8 Å². The average molecular weight is 406 g/mol. The minimum atomic E-state index is -0.490. The third kappa shape index (κ3) is 4.44. The van der Waals surface area contributed by atoms with Gasteiger partial charge in [0, 0.05) is 26.2 Å². The predicted octanol–water partition coefficient (Wildman–Crippen LogP) is 0.723. The maximum absolute atomic E-state index is 12.3. The van der Waals surface area contributed by atoms with E-state index in [0.29, 0.717) is 6.54 Å². The van der Waals surface area contributed by atoms with Crippen molar-refractivity contribution in [3.8, 4) is 0 Å². The van der Waals surface area contributed by atoms with Crippen LogP contribution in [0.25, 0.3) is 11.0 Å². The van der Waals surface area contributed by atoms with Crippen LogP contribution in [0, 0.1) is 0 Å². The minimum Gasteiger partial charge on any atom is -0.349 e. The summed E-state index contributed by atoms with van der Waals surface area (Å²) in [5.74, 6) is -0.387. The van der Waals surface area contributed by atoms with E-state index < -0.39 is 16.8 Å². The van der Waals surface area contributed by atoms with Gasteiger partial charge >= 0.3 is 5.69 Å². The van der Waals surface area contributed by atoms with Crippen molar-refractivity contribution in [2.45, 2.75) is 32.2 Å². The van der Waals surface area contributed by atoms with Crippen molar-refractivity contribution in [2.24, 2.45) is 19.8 Å². The number of hydrogen-bond donors (Lipinski definition) is 2. The van der Waals surface area contributed by atoms with Gasteiger partial charge in [-0.05, 0) is 25.0 Å². The summed E-state index contributed by atoms with van der Waals surface area (Å²) in [6, 6.07) is 2.98. The SMILES string of the molecule is CCC(N)(CC)CNC(=O)c1ccc2c(=O)n(C)c(=O)n(C)c2n1.Cl.Cl. The number of aromatic nitrogens is 3. The van der Waals surface area contributed by atoms with Gasteiger partial charge in [0.05, 0.1) is 5.39 Å². The standard InChI is InChI=1S/C16H23N5O3.2ClH/c1-5-16(17,6-2)9-18-13(22)11-8-7-10-12(19-11)20(3)15(24)21(4)14(10)23;;/h7-8H,5-6,9,17H2,1-4H3,(H,18,22);2*1H. The molecule has 0 aliphatic rings. The van der Waals surface area contributed by atoms with Crippen LogP contribution in [0.2, 0.25) is 0 Å². The van der Waals surface area contributed by atoms with Gasteiger partial charge in [-0.1, -0.05) is 13.8 Å². The maximum Gasteiger partial charge on any atom is 0.332 e. The summed E-state index contributed by atoms with van der Waals surface area (Å²) in [5, 5.41) is 3.05. The van der Waals surface area contributed by atoms with E-state index >= 15 is 0 Å². The predicted molar refractivity (Wildman–Crippen MR) is 107 cm³/mol. The number of amides is 1. The number of carbonyl (C=O) groups is 1. The van der Waals surface area contributed by atoms with Gasteiger partial charge in [-0.3, -0.25) is 18.7 Å². The Morgan fingerprint density at radius 2 is 1.73 bits per heavy atom. The Hall–Kier alpha value is -1.90. The largest absolute Gasteiger partial charge is 0.349 e. The van der Waals surface area contributed by atoms with Crippen molar-refractivity contribution in [3.05, 3.63) is 38.7 Å². The van der Waals surface area contributed by atoms with Crippen molar-refractivity contribution >= 4 is 41.8 Å². The summed E-state index contributed by atoms with van der Waals surface area (Å²) in [6.45, 7) is 4.26. The summed E-state index contributed by atoms with van der Waals surface area (Å²) >= 11 is 0. The molecule has 0 saturated heterocycles. The Balaban J connectivity index is 0.00000312. The van der Waals surface area contributed by atoms with Crippen LogP contribution in [-0.2, 0) is 14.1 Å². The molecule has 3 N–H and O–H groups in total. The van der Waals surface area contributed by atoms with Crippen LogP contribution in [0.4, 0.5) is 0 Å². The Morgan fingerprint density at radius 3 is 2.27 bits per heavy atom. The third-order valence-electron chi connectivity index (χ3n) is 4.54. The number of pyridine rings is 1. The molecule has 0 aromatic carbocycles. The fourth-order valence-corrected chi connectivity index (χ4v) is 2.43. The summed E-state index contributed by atoms with van der Waals surface area (Å²) < 4.78 is 2.26. The second-order valence-corrected chi connectivity index (χ2v) is 6.03. The zero-order valence-corrected chi connectivity index (χ0v) is 16.9. The molecule has 10 heteroatoms. The Labute approximate surface area is 163 Å². The van der Waals surface area contributed by atoms with Crippen molar-refractivity contribution in [1.29, 1.82) is 0 Å². The summed E-state index contributed by atoms with van der Waals surface area (Å²) in [5.41, 5.74) is 5.10. The maximum atomic E-state index is 12.3. The number of nitrogens with zero attached hydrogens (tertiary/aromatic N) is 3. The molecule has 26 heavy (non-hydrogen) atoms. The smallest absolute Gasteiger partial charge is 0.332 e. The van der Waals surface area contributed by atoms with E-state index in [9.17, 15) is 14.4 Å². The van der Waals surface area contributed by atoms with E-state index in [2.05, 4.69) is 10.3 Å². The number of aryl methyl sites for hydroxylation is 1. The molecule has 146 valence electrons. The molecule has 0 bridgehead atoms. The van der Waals surface area contributed by atoms with Crippen molar-refractivity contribution in [2.75, 3.05) is 6.54 Å². The van der Waals surface area contributed by atoms with Crippen LogP contribution in [0.3, 0.4) is 0 Å². The van der Waals surface area contributed by atoms with Gasteiger partial charge < -0.3 is 11.1 Å². The van der Waals surface area contributed by atoms with Crippen molar-refractivity contribution < 1.29 is 4.79 Å². The molecular weight excluding hydrogens is 381 g/mol. The number of nitrogens with one attached hydrogen (secondary N) is 1. The van der Waals surface area contributed by atoms with Crippen molar-refractivity contribution in [1.82, 2.24) is 19.4 Å². The highest BCUT2D eigenvalue weighted by molar-refractivity contribution is 5.94.